The predicted molar refractivity (Wildman–Crippen MR) is 171 cm³/mol. The van der Waals surface area contributed by atoms with Crippen molar-refractivity contribution < 1.29 is 28.9 Å². The number of anilines is 1. The van der Waals surface area contributed by atoms with Crippen LogP contribution in [0.3, 0.4) is 0 Å². The highest BCUT2D eigenvalue weighted by atomic mass is 32.1. The number of aliphatic hydroxyl groups is 1. The number of methoxy groups -OCH3 is 2. The molecule has 1 aliphatic heterocycles. The molecule has 5 aromatic rings. The van der Waals surface area contributed by atoms with Crippen LogP contribution < -0.4 is 19.1 Å². The van der Waals surface area contributed by atoms with Gasteiger partial charge >= 0.3 is 5.91 Å². The monoisotopic (exact) mass is 606 g/mol. The SMILES string of the molecule is COc1cccc(C(O)=C2C(=O)C(=O)N(c3nc4c(C)cc(C)cc4s3)C2c2ccc(OCc3ccccc3)c(OC)c2)c1. The van der Waals surface area contributed by atoms with Crippen molar-refractivity contribution >= 4 is 44.1 Å². The minimum atomic E-state index is -0.986. The van der Waals surface area contributed by atoms with Crippen LogP contribution >= 0.6 is 11.3 Å². The van der Waals surface area contributed by atoms with Crippen LogP contribution in [-0.2, 0) is 16.2 Å². The Morgan fingerprint density at radius 1 is 0.909 bits per heavy atom. The van der Waals surface area contributed by atoms with Crippen molar-refractivity contribution in [2.75, 3.05) is 19.1 Å². The third kappa shape index (κ3) is 5.26. The summed E-state index contributed by atoms with van der Waals surface area (Å²) >= 11 is 1.32. The van der Waals surface area contributed by atoms with E-state index in [1.165, 1.54) is 30.5 Å². The van der Waals surface area contributed by atoms with E-state index >= 15 is 0 Å². The fourth-order valence-electron chi connectivity index (χ4n) is 5.44. The van der Waals surface area contributed by atoms with Gasteiger partial charge in [-0.1, -0.05) is 65.9 Å². The number of rotatable bonds is 8. The first kappa shape index (κ1) is 28.9. The number of carbonyl (C=O) groups is 2. The molecule has 4 aromatic carbocycles. The first-order valence-electron chi connectivity index (χ1n) is 14.0. The molecule has 1 atom stereocenters. The summed E-state index contributed by atoms with van der Waals surface area (Å²) in [7, 11) is 3.04. The molecule has 1 N–H and O–H groups in total. The van der Waals surface area contributed by atoms with Crippen molar-refractivity contribution in [3.63, 3.8) is 0 Å². The van der Waals surface area contributed by atoms with Crippen molar-refractivity contribution in [2.45, 2.75) is 26.5 Å². The summed E-state index contributed by atoms with van der Waals surface area (Å²) in [5.74, 6) is -0.496. The second-order valence-corrected chi connectivity index (χ2v) is 11.5. The van der Waals surface area contributed by atoms with E-state index in [2.05, 4.69) is 0 Å². The molecule has 9 heteroatoms. The van der Waals surface area contributed by atoms with Gasteiger partial charge in [0.15, 0.2) is 16.6 Å². The average molecular weight is 607 g/mol. The number of hydrogen-bond acceptors (Lipinski definition) is 8. The lowest BCUT2D eigenvalue weighted by molar-refractivity contribution is -0.132. The Bertz CT molecular complexity index is 1930. The molecule has 1 unspecified atom stereocenters. The Kier molecular flexibility index (Phi) is 7.80. The van der Waals surface area contributed by atoms with E-state index in [1.54, 1.807) is 42.5 Å². The second-order valence-electron chi connectivity index (χ2n) is 10.5. The number of ether oxygens (including phenoxy) is 3. The molecule has 0 spiro atoms. The maximum atomic E-state index is 13.8. The molecule has 0 saturated carbocycles. The summed E-state index contributed by atoms with van der Waals surface area (Å²) in [5.41, 5.74) is 4.61. The van der Waals surface area contributed by atoms with E-state index in [0.717, 1.165) is 26.9 Å². The Morgan fingerprint density at radius 2 is 1.70 bits per heavy atom. The molecule has 222 valence electrons. The van der Waals surface area contributed by atoms with Gasteiger partial charge in [-0.2, -0.15) is 0 Å². The zero-order chi connectivity index (χ0) is 31.0. The smallest absolute Gasteiger partial charge is 0.301 e. The summed E-state index contributed by atoms with van der Waals surface area (Å²) < 4.78 is 18.0. The fraction of sp³-hybridized carbons (Fsp3) is 0.171. The molecular weight excluding hydrogens is 576 g/mol. The van der Waals surface area contributed by atoms with Gasteiger partial charge in [-0.25, -0.2) is 4.98 Å². The van der Waals surface area contributed by atoms with Crippen LogP contribution in [0.1, 0.15) is 33.9 Å². The first-order chi connectivity index (χ1) is 21.3. The molecule has 2 heterocycles. The molecule has 1 fully saturated rings. The van der Waals surface area contributed by atoms with Gasteiger partial charge < -0.3 is 19.3 Å². The third-order valence-corrected chi connectivity index (χ3v) is 8.55. The van der Waals surface area contributed by atoms with Gasteiger partial charge in [0.1, 0.15) is 18.1 Å². The minimum Gasteiger partial charge on any atom is -0.507 e. The van der Waals surface area contributed by atoms with Crippen LogP contribution in [0.2, 0.25) is 0 Å². The van der Waals surface area contributed by atoms with Gasteiger partial charge in [0, 0.05) is 5.56 Å². The van der Waals surface area contributed by atoms with Crippen molar-refractivity contribution in [1.82, 2.24) is 4.98 Å². The van der Waals surface area contributed by atoms with Crippen LogP contribution in [0, 0.1) is 13.8 Å². The number of amides is 1. The highest BCUT2D eigenvalue weighted by Gasteiger charge is 2.48. The van der Waals surface area contributed by atoms with E-state index in [0.29, 0.717) is 40.1 Å². The number of nitrogens with zero attached hydrogens (tertiary/aromatic N) is 2. The Morgan fingerprint density at radius 3 is 2.45 bits per heavy atom. The van der Waals surface area contributed by atoms with Gasteiger partial charge in [-0.05, 0) is 66.4 Å². The van der Waals surface area contributed by atoms with Gasteiger partial charge in [-0.3, -0.25) is 14.5 Å². The lowest BCUT2D eigenvalue weighted by atomic mass is 9.95. The van der Waals surface area contributed by atoms with Crippen LogP contribution in [0.15, 0.2) is 90.5 Å². The molecule has 44 heavy (non-hydrogen) atoms. The third-order valence-electron chi connectivity index (χ3n) is 7.55. The summed E-state index contributed by atoms with van der Waals surface area (Å²) in [6, 6.07) is 24.8. The maximum Gasteiger partial charge on any atom is 0.301 e. The number of thiazole rings is 1. The van der Waals surface area contributed by atoms with Gasteiger partial charge in [0.25, 0.3) is 5.78 Å². The minimum absolute atomic E-state index is 0.0598. The molecule has 1 amide bonds. The number of fused-ring (bicyclic) bond motifs is 1. The van der Waals surface area contributed by atoms with E-state index in [4.69, 9.17) is 19.2 Å². The molecular formula is C35H30N2O6S. The van der Waals surface area contributed by atoms with Crippen molar-refractivity contribution in [1.29, 1.82) is 0 Å². The van der Waals surface area contributed by atoms with E-state index in [9.17, 15) is 14.7 Å². The molecule has 0 bridgehead atoms. The predicted octanol–water partition coefficient (Wildman–Crippen LogP) is 7.14. The lowest BCUT2D eigenvalue weighted by Gasteiger charge is -2.24. The Labute approximate surface area is 258 Å². The van der Waals surface area contributed by atoms with Crippen molar-refractivity contribution in [3.8, 4) is 17.2 Å². The van der Waals surface area contributed by atoms with Crippen LogP contribution in [0.5, 0.6) is 17.2 Å². The number of aryl methyl sites for hydroxylation is 2. The average Bonchev–Trinajstić information content (AvgIpc) is 3.58. The maximum absolute atomic E-state index is 13.8. The Balaban J connectivity index is 1.50. The zero-order valence-electron chi connectivity index (χ0n) is 24.7. The number of Topliss-reactive ketones (excluding diaryl/α,β-unsaturated/α-hetero) is 1. The number of hydrogen-bond donors (Lipinski definition) is 1. The largest absolute Gasteiger partial charge is 0.507 e. The summed E-state index contributed by atoms with van der Waals surface area (Å²) in [5, 5.41) is 11.9. The topological polar surface area (TPSA) is 98.2 Å². The molecule has 0 aliphatic carbocycles. The van der Waals surface area contributed by atoms with E-state index in [-0.39, 0.29) is 11.3 Å². The highest BCUT2D eigenvalue weighted by Crippen LogP contribution is 2.46. The molecule has 1 saturated heterocycles. The molecule has 0 radical (unpaired) electrons. The Hall–Kier alpha value is -5.15. The first-order valence-corrected chi connectivity index (χ1v) is 14.8. The number of aromatic nitrogens is 1. The van der Waals surface area contributed by atoms with E-state index < -0.39 is 17.7 Å². The summed E-state index contributed by atoms with van der Waals surface area (Å²) in [6.07, 6.45) is 0. The molecule has 1 aliphatic rings. The quantitative estimate of drug-likeness (QED) is 0.114. The fourth-order valence-corrected chi connectivity index (χ4v) is 6.61. The van der Waals surface area contributed by atoms with Gasteiger partial charge in [-0.15, -0.1) is 0 Å². The van der Waals surface area contributed by atoms with Gasteiger partial charge in [0.05, 0.1) is 36.1 Å². The van der Waals surface area contributed by atoms with Crippen molar-refractivity contribution in [2.24, 2.45) is 0 Å². The van der Waals surface area contributed by atoms with Crippen molar-refractivity contribution in [3.05, 3.63) is 118 Å². The van der Waals surface area contributed by atoms with Crippen LogP contribution in [-0.4, -0.2) is 36.0 Å². The molecule has 6 rings (SSSR count). The van der Waals surface area contributed by atoms with Crippen LogP contribution in [0.4, 0.5) is 5.13 Å². The second kappa shape index (κ2) is 11.9. The molecule has 1 aromatic heterocycles. The number of ketones is 1. The molecule has 8 nitrogen and oxygen atoms in total. The zero-order valence-corrected chi connectivity index (χ0v) is 25.5. The van der Waals surface area contributed by atoms with E-state index in [1.807, 2.05) is 56.3 Å². The number of benzene rings is 4. The summed E-state index contributed by atoms with van der Waals surface area (Å²) in [4.78, 5) is 33.7. The lowest BCUT2D eigenvalue weighted by Crippen LogP contribution is -2.29. The highest BCUT2D eigenvalue weighted by molar-refractivity contribution is 7.22. The normalized spacial score (nSPS) is 16.0. The summed E-state index contributed by atoms with van der Waals surface area (Å²) in [6.45, 7) is 4.29. The van der Waals surface area contributed by atoms with Gasteiger partial charge in [0.2, 0.25) is 0 Å². The number of carbonyl (C=O) groups excluding carboxylic acids is 2. The van der Waals surface area contributed by atoms with Crippen LogP contribution in [0.25, 0.3) is 16.0 Å². The number of aliphatic hydroxyl groups excluding tert-OH is 1. The standard InChI is InChI=1S/C35H30N2O6S/c1-20-15-21(2)30-28(16-20)44-35(36-30)37-31(29(33(39)34(37)40)32(38)24-11-8-12-25(17-24)41-3)23-13-14-26(27(18-23)42-4)43-19-22-9-6-5-7-10-22/h5-18,31,38H,19H2,1-4H3.